The molecular weight excluding hydrogens is 286 g/mol. The highest BCUT2D eigenvalue weighted by Gasteiger charge is 2.17. The third-order valence-electron chi connectivity index (χ3n) is 4.20. The molecule has 0 aliphatic carbocycles. The first-order valence-electron chi connectivity index (χ1n) is 7.96. The molecule has 120 valence electrons. The number of benzene rings is 1. The third kappa shape index (κ3) is 3.07. The van der Waals surface area contributed by atoms with Gasteiger partial charge >= 0.3 is 0 Å². The molecule has 0 radical (unpaired) electrons. The standard InChI is InChI=1S/C19H23N3O/c1-19(2,3)18-12-22(13-20-18)10-9-17(23)15-11-21(4)16-8-6-5-7-14(15)16/h5-8,11-13H,9-10H2,1-4H3. The van der Waals surface area contributed by atoms with Crippen molar-refractivity contribution in [3.8, 4) is 0 Å². The number of aromatic nitrogens is 3. The number of carbonyl (C=O) groups is 1. The summed E-state index contributed by atoms with van der Waals surface area (Å²) < 4.78 is 4.01. The Morgan fingerprint density at radius 2 is 1.91 bits per heavy atom. The molecule has 0 amide bonds. The highest BCUT2D eigenvalue weighted by molar-refractivity contribution is 6.08. The van der Waals surface area contributed by atoms with Crippen LogP contribution in [0.25, 0.3) is 10.9 Å². The Morgan fingerprint density at radius 1 is 1.17 bits per heavy atom. The second-order valence-corrected chi connectivity index (χ2v) is 7.09. The van der Waals surface area contributed by atoms with Gasteiger partial charge in [-0.3, -0.25) is 4.79 Å². The van der Waals surface area contributed by atoms with Crippen molar-refractivity contribution in [2.75, 3.05) is 0 Å². The van der Waals surface area contributed by atoms with E-state index in [2.05, 4.69) is 25.8 Å². The highest BCUT2D eigenvalue weighted by Crippen LogP contribution is 2.22. The van der Waals surface area contributed by atoms with E-state index < -0.39 is 0 Å². The fourth-order valence-electron chi connectivity index (χ4n) is 2.80. The van der Waals surface area contributed by atoms with Crippen molar-refractivity contribution < 1.29 is 4.79 Å². The van der Waals surface area contributed by atoms with Gasteiger partial charge in [0.05, 0.1) is 12.0 Å². The van der Waals surface area contributed by atoms with Gasteiger partial charge in [0.2, 0.25) is 0 Å². The zero-order chi connectivity index (χ0) is 16.6. The van der Waals surface area contributed by atoms with Crippen LogP contribution in [0.2, 0.25) is 0 Å². The molecule has 4 heteroatoms. The number of nitrogens with zero attached hydrogens (tertiary/aromatic N) is 3. The van der Waals surface area contributed by atoms with E-state index in [0.29, 0.717) is 13.0 Å². The van der Waals surface area contributed by atoms with Crippen molar-refractivity contribution in [3.63, 3.8) is 0 Å². The summed E-state index contributed by atoms with van der Waals surface area (Å²) in [5, 5.41) is 1.03. The van der Waals surface area contributed by atoms with Crippen molar-refractivity contribution in [3.05, 3.63) is 54.2 Å². The van der Waals surface area contributed by atoms with E-state index in [1.807, 2.05) is 59.2 Å². The van der Waals surface area contributed by atoms with E-state index in [9.17, 15) is 4.79 Å². The van der Waals surface area contributed by atoms with E-state index in [4.69, 9.17) is 0 Å². The summed E-state index contributed by atoms with van der Waals surface area (Å²) in [7, 11) is 1.98. The number of Topliss-reactive ketones (excluding diaryl/α,β-unsaturated/α-hetero) is 1. The van der Waals surface area contributed by atoms with E-state index >= 15 is 0 Å². The average Bonchev–Trinajstić information content (AvgIpc) is 3.10. The topological polar surface area (TPSA) is 39.8 Å². The number of aryl methyl sites for hydroxylation is 2. The van der Waals surface area contributed by atoms with Crippen molar-refractivity contribution in [2.24, 2.45) is 7.05 Å². The van der Waals surface area contributed by atoms with Crippen LogP contribution in [0.3, 0.4) is 0 Å². The van der Waals surface area contributed by atoms with E-state index in [-0.39, 0.29) is 11.2 Å². The monoisotopic (exact) mass is 309 g/mol. The van der Waals surface area contributed by atoms with Crippen LogP contribution in [0.4, 0.5) is 0 Å². The van der Waals surface area contributed by atoms with Crippen LogP contribution in [0.15, 0.2) is 43.0 Å². The van der Waals surface area contributed by atoms with E-state index in [0.717, 1.165) is 22.2 Å². The number of para-hydroxylation sites is 1. The molecule has 2 aromatic heterocycles. The third-order valence-corrected chi connectivity index (χ3v) is 4.20. The maximum absolute atomic E-state index is 12.6. The fraction of sp³-hybridized carbons (Fsp3) is 0.368. The van der Waals surface area contributed by atoms with E-state index in [1.165, 1.54) is 0 Å². The Hall–Kier alpha value is -2.36. The maximum atomic E-state index is 12.6. The largest absolute Gasteiger partial charge is 0.350 e. The zero-order valence-electron chi connectivity index (χ0n) is 14.2. The minimum Gasteiger partial charge on any atom is -0.350 e. The van der Waals surface area contributed by atoms with Crippen molar-refractivity contribution >= 4 is 16.7 Å². The summed E-state index contributed by atoms with van der Waals surface area (Å²) in [5.41, 5.74) is 2.98. The van der Waals surface area contributed by atoms with Crippen molar-refractivity contribution in [1.82, 2.24) is 14.1 Å². The van der Waals surface area contributed by atoms with Gasteiger partial charge in [0.25, 0.3) is 0 Å². The molecule has 0 unspecified atom stereocenters. The summed E-state index contributed by atoms with van der Waals surface area (Å²) in [5.74, 6) is 0.174. The first-order chi connectivity index (χ1) is 10.9. The molecule has 0 saturated carbocycles. The fourth-order valence-corrected chi connectivity index (χ4v) is 2.80. The number of imidazole rings is 1. The molecule has 0 aliphatic heterocycles. The Morgan fingerprint density at radius 3 is 2.61 bits per heavy atom. The summed E-state index contributed by atoms with van der Waals surface area (Å²) in [6.07, 6.45) is 6.27. The molecule has 0 atom stereocenters. The van der Waals surface area contributed by atoms with Gasteiger partial charge in [-0.15, -0.1) is 0 Å². The molecule has 23 heavy (non-hydrogen) atoms. The normalized spacial score (nSPS) is 12.0. The lowest BCUT2D eigenvalue weighted by Gasteiger charge is -2.14. The first-order valence-corrected chi connectivity index (χ1v) is 7.96. The van der Waals surface area contributed by atoms with Gasteiger partial charge < -0.3 is 9.13 Å². The summed E-state index contributed by atoms with van der Waals surface area (Å²) in [6.45, 7) is 7.08. The Bertz CT molecular complexity index is 849. The van der Waals surface area contributed by atoms with Gasteiger partial charge in [0.1, 0.15) is 0 Å². The molecule has 4 nitrogen and oxygen atoms in total. The minimum absolute atomic E-state index is 0.0326. The maximum Gasteiger partial charge on any atom is 0.166 e. The Balaban J connectivity index is 1.75. The van der Waals surface area contributed by atoms with Gasteiger partial charge in [-0.25, -0.2) is 4.98 Å². The molecule has 3 rings (SSSR count). The minimum atomic E-state index is 0.0326. The average molecular weight is 309 g/mol. The lowest BCUT2D eigenvalue weighted by Crippen LogP contribution is -2.11. The molecule has 0 spiro atoms. The molecule has 0 N–H and O–H groups in total. The van der Waals surface area contributed by atoms with Crippen LogP contribution in [0.1, 0.15) is 43.2 Å². The lowest BCUT2D eigenvalue weighted by molar-refractivity contribution is 0.0978. The highest BCUT2D eigenvalue weighted by atomic mass is 16.1. The number of rotatable bonds is 4. The summed E-state index contributed by atoms with van der Waals surface area (Å²) in [4.78, 5) is 17.0. The van der Waals surface area contributed by atoms with Crippen LogP contribution < -0.4 is 0 Å². The van der Waals surface area contributed by atoms with Crippen LogP contribution >= 0.6 is 0 Å². The smallest absolute Gasteiger partial charge is 0.166 e. The van der Waals surface area contributed by atoms with Crippen molar-refractivity contribution in [2.45, 2.75) is 39.2 Å². The predicted molar refractivity (Wildman–Crippen MR) is 92.8 cm³/mol. The Labute approximate surface area is 136 Å². The number of hydrogen-bond donors (Lipinski definition) is 0. The quantitative estimate of drug-likeness (QED) is 0.685. The molecule has 0 bridgehead atoms. The van der Waals surface area contributed by atoms with Crippen LogP contribution in [-0.2, 0) is 19.0 Å². The van der Waals surface area contributed by atoms with Gasteiger partial charge in [-0.2, -0.15) is 0 Å². The second kappa shape index (κ2) is 5.69. The van der Waals surface area contributed by atoms with Crippen molar-refractivity contribution in [1.29, 1.82) is 0 Å². The first kappa shape index (κ1) is 15.5. The predicted octanol–water partition coefficient (Wildman–Crippen LogP) is 3.95. The number of fused-ring (bicyclic) bond motifs is 1. The molecule has 2 heterocycles. The molecular formula is C19H23N3O. The molecule has 1 aromatic carbocycles. The number of ketones is 1. The van der Waals surface area contributed by atoms with Gasteiger partial charge in [0.15, 0.2) is 5.78 Å². The van der Waals surface area contributed by atoms with Crippen LogP contribution in [-0.4, -0.2) is 19.9 Å². The second-order valence-electron chi connectivity index (χ2n) is 7.09. The zero-order valence-corrected chi connectivity index (χ0v) is 14.2. The summed E-state index contributed by atoms with van der Waals surface area (Å²) >= 11 is 0. The van der Waals surface area contributed by atoms with E-state index in [1.54, 1.807) is 0 Å². The number of hydrogen-bond acceptors (Lipinski definition) is 2. The van der Waals surface area contributed by atoms with Gasteiger partial charge in [0, 0.05) is 54.3 Å². The van der Waals surface area contributed by atoms with Crippen LogP contribution in [0.5, 0.6) is 0 Å². The number of carbonyl (C=O) groups excluding carboxylic acids is 1. The molecule has 0 saturated heterocycles. The molecule has 0 aliphatic rings. The Kier molecular flexibility index (Phi) is 3.84. The van der Waals surface area contributed by atoms with Gasteiger partial charge in [-0.05, 0) is 6.07 Å². The molecule has 0 fully saturated rings. The SMILES string of the molecule is Cn1cc(C(=O)CCn2cnc(C(C)(C)C)c2)c2ccccc21. The van der Waals surface area contributed by atoms with Gasteiger partial charge in [-0.1, -0.05) is 39.0 Å². The lowest BCUT2D eigenvalue weighted by atomic mass is 9.93. The summed E-state index contributed by atoms with van der Waals surface area (Å²) in [6, 6.07) is 8.02. The van der Waals surface area contributed by atoms with Crippen LogP contribution in [0, 0.1) is 0 Å². The molecule has 3 aromatic rings.